The summed E-state index contributed by atoms with van der Waals surface area (Å²) in [6, 6.07) is 8.45. The van der Waals surface area contributed by atoms with E-state index < -0.39 is 4.92 Å². The summed E-state index contributed by atoms with van der Waals surface area (Å²) in [4.78, 5) is 17.3. The van der Waals surface area contributed by atoms with Gasteiger partial charge in [0.05, 0.1) is 13.7 Å². The maximum Gasteiger partial charge on any atom is 0.382 e. The SMILES string of the molecule is CCCCCCOc1c(OC)cc(/C=C(\C#N)n2cc([N+](=O)[O-])nc2C)c2c1CN1CCc3cc4c(cc3C1C2)OCO4. The lowest BCUT2D eigenvalue weighted by molar-refractivity contribution is -0.389. The summed E-state index contributed by atoms with van der Waals surface area (Å²) in [5, 5.41) is 21.5. The smallest absolute Gasteiger partial charge is 0.382 e. The van der Waals surface area contributed by atoms with Gasteiger partial charge in [-0.05, 0) is 75.7 Å². The van der Waals surface area contributed by atoms with Crippen molar-refractivity contribution >= 4 is 17.6 Å². The third kappa shape index (κ3) is 5.39. The average molecular weight is 586 g/mol. The molecule has 2 aromatic carbocycles. The maximum atomic E-state index is 11.4. The Labute approximate surface area is 250 Å². The number of nitriles is 1. The van der Waals surface area contributed by atoms with Crippen LogP contribution in [0.25, 0.3) is 11.8 Å². The lowest BCUT2D eigenvalue weighted by atomic mass is 9.81. The van der Waals surface area contributed by atoms with E-state index in [1.165, 1.54) is 28.3 Å². The molecule has 3 aliphatic heterocycles. The number of aromatic nitrogens is 2. The van der Waals surface area contributed by atoms with Crippen LogP contribution in [0.2, 0.25) is 0 Å². The van der Waals surface area contributed by atoms with Crippen LogP contribution in [0.5, 0.6) is 23.0 Å². The first kappa shape index (κ1) is 28.6. The molecule has 0 N–H and O–H groups in total. The first-order valence-electron chi connectivity index (χ1n) is 14.8. The Morgan fingerprint density at radius 1 is 1.23 bits per heavy atom. The summed E-state index contributed by atoms with van der Waals surface area (Å²) >= 11 is 0. The summed E-state index contributed by atoms with van der Waals surface area (Å²) < 4.78 is 25.1. The predicted molar refractivity (Wildman–Crippen MR) is 159 cm³/mol. The number of rotatable bonds is 10. The van der Waals surface area contributed by atoms with E-state index in [0.717, 1.165) is 66.2 Å². The van der Waals surface area contributed by atoms with Gasteiger partial charge in [0, 0.05) is 31.6 Å². The van der Waals surface area contributed by atoms with Crippen molar-refractivity contribution in [1.82, 2.24) is 14.5 Å². The van der Waals surface area contributed by atoms with Crippen LogP contribution in [0.15, 0.2) is 24.4 Å². The highest BCUT2D eigenvalue weighted by atomic mass is 16.7. The molecule has 0 bridgehead atoms. The van der Waals surface area contributed by atoms with Crippen molar-refractivity contribution in [3.05, 3.63) is 68.2 Å². The minimum absolute atomic E-state index is 0.102. The number of methoxy groups -OCH3 is 1. The highest BCUT2D eigenvalue weighted by Gasteiger charge is 2.37. The number of benzene rings is 2. The van der Waals surface area contributed by atoms with Gasteiger partial charge in [-0.1, -0.05) is 26.2 Å². The number of hydrogen-bond donors (Lipinski definition) is 0. The maximum absolute atomic E-state index is 11.4. The van der Waals surface area contributed by atoms with Crippen molar-refractivity contribution in [2.24, 2.45) is 0 Å². The number of aryl methyl sites for hydroxylation is 1. The molecule has 43 heavy (non-hydrogen) atoms. The molecule has 1 atom stereocenters. The second kappa shape index (κ2) is 12.0. The zero-order chi connectivity index (χ0) is 30.1. The fraction of sp³-hybridized carbons (Fsp3) is 0.438. The van der Waals surface area contributed by atoms with Gasteiger partial charge in [0.15, 0.2) is 23.0 Å². The van der Waals surface area contributed by atoms with Gasteiger partial charge in [0.25, 0.3) is 0 Å². The van der Waals surface area contributed by atoms with Crippen molar-refractivity contribution < 1.29 is 23.9 Å². The molecular weight excluding hydrogens is 550 g/mol. The van der Waals surface area contributed by atoms with Crippen LogP contribution in [0.1, 0.15) is 72.3 Å². The summed E-state index contributed by atoms with van der Waals surface area (Å²) in [6.45, 7) is 6.20. The van der Waals surface area contributed by atoms with Gasteiger partial charge < -0.3 is 29.1 Å². The Morgan fingerprint density at radius 2 is 2.05 bits per heavy atom. The molecule has 3 aromatic rings. The van der Waals surface area contributed by atoms with E-state index >= 15 is 0 Å². The summed E-state index contributed by atoms with van der Waals surface area (Å²) in [6.07, 6.45) is 9.01. The number of hydrogen-bond acceptors (Lipinski definition) is 9. The van der Waals surface area contributed by atoms with Crippen LogP contribution in [0.4, 0.5) is 5.82 Å². The second-order valence-corrected chi connectivity index (χ2v) is 11.1. The molecule has 11 nitrogen and oxygen atoms in total. The van der Waals surface area contributed by atoms with Gasteiger partial charge in [-0.3, -0.25) is 9.47 Å². The molecule has 1 unspecified atom stereocenters. The van der Waals surface area contributed by atoms with Crippen molar-refractivity contribution in [3.8, 4) is 29.1 Å². The fourth-order valence-corrected chi connectivity index (χ4v) is 6.36. The zero-order valence-electron chi connectivity index (χ0n) is 24.7. The Hall–Kier alpha value is -4.56. The molecule has 11 heteroatoms. The monoisotopic (exact) mass is 585 g/mol. The van der Waals surface area contributed by atoms with E-state index in [2.05, 4.69) is 35.0 Å². The molecule has 0 fully saturated rings. The Bertz CT molecular complexity index is 1640. The number of ether oxygens (including phenoxy) is 4. The van der Waals surface area contributed by atoms with Gasteiger partial charge in [0.2, 0.25) is 12.6 Å². The minimum Gasteiger partial charge on any atom is -0.493 e. The molecule has 0 saturated heterocycles. The van der Waals surface area contributed by atoms with E-state index in [0.29, 0.717) is 31.1 Å². The fourth-order valence-electron chi connectivity index (χ4n) is 6.36. The lowest BCUT2D eigenvalue weighted by Gasteiger charge is -2.42. The van der Waals surface area contributed by atoms with Gasteiger partial charge >= 0.3 is 5.82 Å². The van der Waals surface area contributed by atoms with Crippen molar-refractivity contribution in [3.63, 3.8) is 0 Å². The van der Waals surface area contributed by atoms with E-state index in [-0.39, 0.29) is 24.3 Å². The number of unbranched alkanes of at least 4 members (excludes halogenated alkanes) is 3. The van der Waals surface area contributed by atoms with E-state index in [4.69, 9.17) is 18.9 Å². The van der Waals surface area contributed by atoms with Crippen LogP contribution in [-0.4, -0.2) is 46.4 Å². The quantitative estimate of drug-likeness (QED) is 0.122. The molecule has 6 rings (SSSR count). The third-order valence-electron chi connectivity index (χ3n) is 8.55. The lowest BCUT2D eigenvalue weighted by Crippen LogP contribution is -2.39. The Kier molecular flexibility index (Phi) is 7.95. The van der Waals surface area contributed by atoms with Crippen LogP contribution < -0.4 is 18.9 Å². The average Bonchev–Trinajstić information content (AvgIpc) is 3.64. The van der Waals surface area contributed by atoms with Crippen LogP contribution >= 0.6 is 0 Å². The number of allylic oxidation sites excluding steroid dienone is 1. The van der Waals surface area contributed by atoms with E-state index in [1.807, 2.05) is 6.07 Å². The number of nitro groups is 1. The third-order valence-corrected chi connectivity index (χ3v) is 8.55. The van der Waals surface area contributed by atoms with Crippen LogP contribution in [0, 0.1) is 28.4 Å². The minimum atomic E-state index is -0.559. The van der Waals surface area contributed by atoms with Gasteiger partial charge in [-0.15, -0.1) is 0 Å². The molecule has 0 aliphatic carbocycles. The van der Waals surface area contributed by atoms with E-state index in [9.17, 15) is 15.4 Å². The van der Waals surface area contributed by atoms with Crippen LogP contribution in [-0.2, 0) is 19.4 Å². The number of fused-ring (bicyclic) bond motifs is 5. The van der Waals surface area contributed by atoms with Gasteiger partial charge in [-0.25, -0.2) is 0 Å². The van der Waals surface area contributed by atoms with Crippen molar-refractivity contribution in [2.75, 3.05) is 27.1 Å². The summed E-state index contributed by atoms with van der Waals surface area (Å²) in [7, 11) is 1.62. The van der Waals surface area contributed by atoms with E-state index in [1.54, 1.807) is 20.1 Å². The second-order valence-electron chi connectivity index (χ2n) is 11.1. The molecule has 4 heterocycles. The van der Waals surface area contributed by atoms with Crippen molar-refractivity contribution in [2.45, 2.75) is 65.0 Å². The molecular formula is C32H35N5O6. The normalized spacial score (nSPS) is 17.1. The Morgan fingerprint density at radius 3 is 2.77 bits per heavy atom. The standard InChI is InChI=1S/C32H35N5O6/c1-4-5-6-7-10-41-32-26-17-35-9-8-21-12-28-29(43-19-42-28)15-25(21)27(35)14-24(26)22(13-30(32)40-3)11-23(16-33)36-18-31(37(38)39)34-20(36)2/h11-13,15,18,27H,4-10,14,17,19H2,1-3H3/b23-11+. The highest BCUT2D eigenvalue weighted by molar-refractivity contribution is 5.82. The molecule has 0 radical (unpaired) electrons. The molecule has 0 spiro atoms. The van der Waals surface area contributed by atoms with Crippen molar-refractivity contribution in [1.29, 1.82) is 5.26 Å². The summed E-state index contributed by atoms with van der Waals surface area (Å²) in [5.74, 6) is 2.95. The summed E-state index contributed by atoms with van der Waals surface area (Å²) in [5.41, 5.74) is 5.63. The largest absolute Gasteiger partial charge is 0.493 e. The molecule has 1 aromatic heterocycles. The Balaban J connectivity index is 1.45. The van der Waals surface area contributed by atoms with Gasteiger partial charge in [-0.2, -0.15) is 5.26 Å². The van der Waals surface area contributed by atoms with Crippen LogP contribution in [0.3, 0.4) is 0 Å². The topological polar surface area (TPSA) is 125 Å². The van der Waals surface area contributed by atoms with Gasteiger partial charge in [0.1, 0.15) is 18.0 Å². The number of nitrogens with zero attached hydrogens (tertiary/aromatic N) is 5. The zero-order valence-corrected chi connectivity index (χ0v) is 24.7. The highest BCUT2D eigenvalue weighted by Crippen LogP contribution is 2.48. The molecule has 0 amide bonds. The molecule has 224 valence electrons. The molecule has 3 aliphatic rings. The first-order valence-corrected chi connectivity index (χ1v) is 14.8. The number of imidazole rings is 1. The first-order chi connectivity index (χ1) is 20.9. The predicted octanol–water partition coefficient (Wildman–Crippen LogP) is 5.97. The molecule has 0 saturated carbocycles.